The highest BCUT2D eigenvalue weighted by molar-refractivity contribution is 5.76. The van der Waals surface area contributed by atoms with E-state index in [-0.39, 0.29) is 41.8 Å². The second-order valence-electron chi connectivity index (χ2n) is 12.8. The van der Waals surface area contributed by atoms with Gasteiger partial charge in [0.25, 0.3) is 0 Å². The van der Waals surface area contributed by atoms with E-state index in [0.29, 0.717) is 41.9 Å². The van der Waals surface area contributed by atoms with Crippen LogP contribution < -0.4 is 0 Å². The van der Waals surface area contributed by atoms with Crippen LogP contribution in [-0.4, -0.2) is 47.4 Å². The number of carbonyl (C=O) groups is 3. The molecule has 2 N–H and O–H groups in total. The van der Waals surface area contributed by atoms with Gasteiger partial charge in [-0.25, -0.2) is 0 Å². The van der Waals surface area contributed by atoms with E-state index < -0.39 is 11.9 Å². The van der Waals surface area contributed by atoms with Gasteiger partial charge in [0.2, 0.25) is 0 Å². The first-order chi connectivity index (χ1) is 17.0. The largest absolute Gasteiger partial charge is 0.481 e. The van der Waals surface area contributed by atoms with Gasteiger partial charge < -0.3 is 19.7 Å². The lowest BCUT2D eigenvalue weighted by molar-refractivity contribution is -0.182. The van der Waals surface area contributed by atoms with Gasteiger partial charge in [0.05, 0.1) is 26.1 Å². The Balaban J connectivity index is 1.42. The molecule has 0 heterocycles. The topological polar surface area (TPSA) is 110 Å². The molecular weight excluding hydrogens is 460 g/mol. The highest BCUT2D eigenvalue weighted by Gasteiger charge is 2.63. The van der Waals surface area contributed by atoms with Gasteiger partial charge in [-0.2, -0.15) is 0 Å². The molecule has 4 saturated carbocycles. The first-order valence-electron chi connectivity index (χ1n) is 14.2. The molecule has 0 aromatic heterocycles. The summed E-state index contributed by atoms with van der Waals surface area (Å²) in [5.41, 5.74) is 0.0422. The number of carboxylic acid groups (broad SMARTS) is 1. The van der Waals surface area contributed by atoms with Crippen LogP contribution in [0.1, 0.15) is 97.8 Å². The predicted molar refractivity (Wildman–Crippen MR) is 134 cm³/mol. The Labute approximate surface area is 215 Å². The third kappa shape index (κ3) is 4.93. The average molecular weight is 507 g/mol. The van der Waals surface area contributed by atoms with Crippen LogP contribution in [0.5, 0.6) is 0 Å². The molecule has 0 saturated heterocycles. The van der Waals surface area contributed by atoms with Crippen molar-refractivity contribution >= 4 is 17.9 Å². The molecule has 4 aliphatic carbocycles. The summed E-state index contributed by atoms with van der Waals surface area (Å²) in [5.74, 6) is 1.36. The van der Waals surface area contributed by atoms with Gasteiger partial charge in [-0.1, -0.05) is 20.8 Å². The fourth-order valence-electron chi connectivity index (χ4n) is 9.35. The molecule has 7 unspecified atom stereocenters. The van der Waals surface area contributed by atoms with Gasteiger partial charge in [0.15, 0.2) is 0 Å². The Bertz CT molecular complexity index is 841. The second kappa shape index (κ2) is 10.6. The Hall–Kier alpha value is -1.63. The van der Waals surface area contributed by atoms with Crippen molar-refractivity contribution in [1.82, 2.24) is 0 Å². The van der Waals surface area contributed by atoms with Crippen molar-refractivity contribution in [3.8, 4) is 0 Å². The van der Waals surface area contributed by atoms with Crippen molar-refractivity contribution in [1.29, 1.82) is 0 Å². The van der Waals surface area contributed by atoms with Crippen LogP contribution in [0.2, 0.25) is 0 Å². The molecule has 0 radical (unpaired) electrons. The Morgan fingerprint density at radius 2 is 1.69 bits per heavy atom. The predicted octanol–water partition coefficient (Wildman–Crippen LogP) is 4.98. The van der Waals surface area contributed by atoms with E-state index in [4.69, 9.17) is 14.6 Å². The van der Waals surface area contributed by atoms with Crippen molar-refractivity contribution < 1.29 is 34.1 Å². The van der Waals surface area contributed by atoms with Crippen LogP contribution in [0.3, 0.4) is 0 Å². The summed E-state index contributed by atoms with van der Waals surface area (Å²) in [7, 11) is 1.44. The quantitative estimate of drug-likeness (QED) is 0.447. The van der Waals surface area contributed by atoms with Gasteiger partial charge in [0, 0.05) is 6.42 Å². The number of methoxy groups -OCH3 is 1. The number of hydrogen-bond acceptors (Lipinski definition) is 6. The molecule has 0 bridgehead atoms. The Kier molecular flexibility index (Phi) is 8.09. The minimum absolute atomic E-state index is 0.0653. The smallest absolute Gasteiger partial charge is 0.306 e. The molecule has 4 aliphatic rings. The molecule has 4 rings (SSSR count). The summed E-state index contributed by atoms with van der Waals surface area (Å²) in [5, 5.41) is 20.5. The third-order valence-corrected chi connectivity index (χ3v) is 11.4. The molecule has 0 aromatic rings. The van der Waals surface area contributed by atoms with Gasteiger partial charge >= 0.3 is 17.9 Å². The van der Waals surface area contributed by atoms with Crippen molar-refractivity contribution in [2.24, 2.45) is 46.3 Å². The fraction of sp³-hybridized carbons (Fsp3) is 0.897. The first kappa shape index (κ1) is 27.4. The number of carbonyl (C=O) groups excluding carboxylic acids is 2. The normalized spacial score (nSPS) is 42.4. The summed E-state index contributed by atoms with van der Waals surface area (Å²) in [6.07, 6.45) is 8.64. The number of ether oxygens (including phenoxy) is 2. The van der Waals surface area contributed by atoms with Crippen LogP contribution in [0.4, 0.5) is 0 Å². The number of carboxylic acids is 1. The monoisotopic (exact) mass is 506 g/mol. The van der Waals surface area contributed by atoms with Crippen molar-refractivity contribution in [2.45, 2.75) is 110 Å². The molecule has 0 aromatic carbocycles. The number of fused-ring (bicyclic) bond motifs is 5. The maximum absolute atomic E-state index is 12.1. The second-order valence-corrected chi connectivity index (χ2v) is 12.8. The molecule has 4 fully saturated rings. The van der Waals surface area contributed by atoms with E-state index >= 15 is 0 Å². The lowest BCUT2D eigenvalue weighted by atomic mass is 9.43. The van der Waals surface area contributed by atoms with E-state index in [1.807, 2.05) is 0 Å². The standard InChI is InChI=1S/C29H46O7/c1-17(5-11-26(33)35-4)21-8-9-22-20-7-6-18-15-19(36-27(34)12-10-25(31)32)13-14-28(18,2)23(20)16-24(30)29(21,22)3/h17-24,30H,5-16H2,1-4H3,(H,31,32)/t17-,18?,19-,20?,21?,22?,23?,24+,28?,29?/m1/s1. The molecule has 0 amide bonds. The molecule has 0 spiro atoms. The maximum Gasteiger partial charge on any atom is 0.306 e. The Morgan fingerprint density at radius 1 is 0.944 bits per heavy atom. The summed E-state index contributed by atoms with van der Waals surface area (Å²) in [4.78, 5) is 34.6. The first-order valence-corrected chi connectivity index (χ1v) is 14.2. The zero-order valence-electron chi connectivity index (χ0n) is 22.5. The van der Waals surface area contributed by atoms with E-state index in [1.54, 1.807) is 0 Å². The van der Waals surface area contributed by atoms with Crippen molar-refractivity contribution in [2.75, 3.05) is 7.11 Å². The molecular formula is C29H46O7. The number of aliphatic hydroxyl groups excluding tert-OH is 1. The summed E-state index contributed by atoms with van der Waals surface area (Å²) in [6.45, 7) is 6.99. The van der Waals surface area contributed by atoms with Crippen LogP contribution >= 0.6 is 0 Å². The Morgan fingerprint density at radius 3 is 2.39 bits per heavy atom. The SMILES string of the molecule is COC(=O)CC[C@@H](C)C1CCC2C3CCC4C[C@H](OC(=O)CCC(=O)O)CCC4(C)C3C[C@H](O)C21C. The zero-order chi connectivity index (χ0) is 26.3. The summed E-state index contributed by atoms with van der Waals surface area (Å²) in [6, 6.07) is 0. The van der Waals surface area contributed by atoms with Crippen molar-refractivity contribution in [3.63, 3.8) is 0 Å². The molecule has 10 atom stereocenters. The maximum atomic E-state index is 12.1. The third-order valence-electron chi connectivity index (χ3n) is 11.4. The van der Waals surface area contributed by atoms with E-state index in [2.05, 4.69) is 20.8 Å². The van der Waals surface area contributed by atoms with Crippen LogP contribution in [0.15, 0.2) is 0 Å². The van der Waals surface area contributed by atoms with Gasteiger partial charge in [-0.3, -0.25) is 14.4 Å². The number of aliphatic carboxylic acids is 1. The minimum Gasteiger partial charge on any atom is -0.481 e. The molecule has 36 heavy (non-hydrogen) atoms. The average Bonchev–Trinajstić information content (AvgIpc) is 3.20. The van der Waals surface area contributed by atoms with Crippen LogP contribution in [-0.2, 0) is 23.9 Å². The number of hydrogen-bond donors (Lipinski definition) is 2. The summed E-state index contributed by atoms with van der Waals surface area (Å²) >= 11 is 0. The van der Waals surface area contributed by atoms with E-state index in [0.717, 1.165) is 51.4 Å². The van der Waals surface area contributed by atoms with Gasteiger partial charge in [0.1, 0.15) is 6.10 Å². The van der Waals surface area contributed by atoms with E-state index in [9.17, 15) is 19.5 Å². The molecule has 0 aliphatic heterocycles. The molecule has 7 heteroatoms. The number of rotatable bonds is 8. The van der Waals surface area contributed by atoms with E-state index in [1.165, 1.54) is 13.5 Å². The zero-order valence-corrected chi connectivity index (χ0v) is 22.5. The summed E-state index contributed by atoms with van der Waals surface area (Å²) < 4.78 is 10.5. The number of esters is 2. The molecule has 204 valence electrons. The highest BCUT2D eigenvalue weighted by atomic mass is 16.5. The van der Waals surface area contributed by atoms with Crippen LogP contribution in [0, 0.1) is 46.3 Å². The van der Waals surface area contributed by atoms with Crippen molar-refractivity contribution in [3.05, 3.63) is 0 Å². The lowest BCUT2D eigenvalue weighted by Crippen LogP contribution is -2.59. The van der Waals surface area contributed by atoms with Gasteiger partial charge in [-0.15, -0.1) is 0 Å². The number of aliphatic hydroxyl groups is 1. The lowest BCUT2D eigenvalue weighted by Gasteiger charge is -2.62. The highest BCUT2D eigenvalue weighted by Crippen LogP contribution is 2.68. The molecule has 7 nitrogen and oxygen atoms in total. The minimum atomic E-state index is -0.976. The fourth-order valence-corrected chi connectivity index (χ4v) is 9.35. The van der Waals surface area contributed by atoms with Crippen LogP contribution in [0.25, 0.3) is 0 Å². The van der Waals surface area contributed by atoms with Gasteiger partial charge in [-0.05, 0) is 104 Å².